The highest BCUT2D eigenvalue weighted by atomic mass is 35.5. The molecule has 1 amide bonds. The zero-order chi connectivity index (χ0) is 19.1. The van der Waals surface area contributed by atoms with E-state index in [4.69, 9.17) is 16.3 Å². The lowest BCUT2D eigenvalue weighted by molar-refractivity contribution is 0.102. The Hall–Kier alpha value is -3.12. The summed E-state index contributed by atoms with van der Waals surface area (Å²) in [6, 6.07) is 14.9. The van der Waals surface area contributed by atoms with Crippen LogP contribution in [-0.4, -0.2) is 29.5 Å². The van der Waals surface area contributed by atoms with Gasteiger partial charge in [-0.25, -0.2) is 9.97 Å². The highest BCUT2D eigenvalue weighted by Gasteiger charge is 2.09. The van der Waals surface area contributed by atoms with Crippen LogP contribution in [0.4, 0.5) is 11.6 Å². The number of ether oxygens (including phenoxy) is 1. The fourth-order valence-electron chi connectivity index (χ4n) is 2.51. The van der Waals surface area contributed by atoms with E-state index in [0.717, 1.165) is 17.7 Å². The van der Waals surface area contributed by atoms with Crippen molar-refractivity contribution in [2.45, 2.75) is 6.42 Å². The summed E-state index contributed by atoms with van der Waals surface area (Å²) in [6.07, 6.45) is 3.72. The van der Waals surface area contributed by atoms with E-state index < -0.39 is 0 Å². The topological polar surface area (TPSA) is 76.1 Å². The lowest BCUT2D eigenvalue weighted by Gasteiger charge is -2.09. The summed E-state index contributed by atoms with van der Waals surface area (Å²) in [5, 5.41) is 6.35. The normalized spacial score (nSPS) is 10.3. The molecule has 0 unspecified atom stereocenters. The van der Waals surface area contributed by atoms with Gasteiger partial charge in [-0.15, -0.1) is 0 Å². The minimum atomic E-state index is -0.316. The Bertz CT molecular complexity index is 916. The Morgan fingerprint density at radius 3 is 2.52 bits per heavy atom. The molecule has 6 nitrogen and oxygen atoms in total. The number of hydrogen-bond acceptors (Lipinski definition) is 5. The Kier molecular flexibility index (Phi) is 6.22. The van der Waals surface area contributed by atoms with Crippen molar-refractivity contribution in [1.82, 2.24) is 9.97 Å². The van der Waals surface area contributed by atoms with Gasteiger partial charge < -0.3 is 15.4 Å². The van der Waals surface area contributed by atoms with E-state index in [1.54, 1.807) is 31.4 Å². The van der Waals surface area contributed by atoms with Gasteiger partial charge in [0.25, 0.3) is 5.91 Å². The third-order valence-corrected chi connectivity index (χ3v) is 4.24. The van der Waals surface area contributed by atoms with E-state index >= 15 is 0 Å². The Morgan fingerprint density at radius 2 is 1.78 bits per heavy atom. The molecular formula is C20H19ClN4O2. The summed E-state index contributed by atoms with van der Waals surface area (Å²) >= 11 is 6.05. The molecule has 0 atom stereocenters. The van der Waals surface area contributed by atoms with Gasteiger partial charge in [0.15, 0.2) is 0 Å². The average Bonchev–Trinajstić information content (AvgIpc) is 2.70. The second kappa shape index (κ2) is 9.00. The van der Waals surface area contributed by atoms with Crippen LogP contribution in [0.2, 0.25) is 5.02 Å². The Labute approximate surface area is 162 Å². The van der Waals surface area contributed by atoms with E-state index in [1.807, 2.05) is 24.3 Å². The van der Waals surface area contributed by atoms with E-state index in [1.165, 1.54) is 12.4 Å². The molecule has 2 N–H and O–H groups in total. The van der Waals surface area contributed by atoms with Crippen LogP contribution in [0.15, 0.2) is 60.9 Å². The van der Waals surface area contributed by atoms with Crippen molar-refractivity contribution in [3.05, 3.63) is 77.1 Å². The zero-order valence-corrected chi connectivity index (χ0v) is 15.5. The van der Waals surface area contributed by atoms with Crippen LogP contribution in [0.3, 0.4) is 0 Å². The number of carbonyl (C=O) groups is 1. The molecule has 1 aromatic heterocycles. The van der Waals surface area contributed by atoms with Crippen molar-refractivity contribution in [3.8, 4) is 5.75 Å². The number of nitrogens with one attached hydrogen (secondary N) is 2. The number of methoxy groups -OCH3 is 1. The number of anilines is 2. The number of carbonyl (C=O) groups excluding carboxylic acids is 1. The second-order valence-electron chi connectivity index (χ2n) is 5.72. The van der Waals surface area contributed by atoms with Crippen LogP contribution >= 0.6 is 11.6 Å². The first-order valence-electron chi connectivity index (χ1n) is 8.41. The first-order chi connectivity index (χ1) is 13.2. The van der Waals surface area contributed by atoms with E-state index in [0.29, 0.717) is 28.8 Å². The summed E-state index contributed by atoms with van der Waals surface area (Å²) < 4.78 is 5.33. The molecule has 0 bridgehead atoms. The molecular weight excluding hydrogens is 364 g/mol. The number of hydrogen-bond donors (Lipinski definition) is 2. The molecule has 3 rings (SSSR count). The molecule has 2 aromatic carbocycles. The maximum Gasteiger partial charge on any atom is 0.258 e. The summed E-state index contributed by atoms with van der Waals surface area (Å²) in [5.74, 6) is 0.995. The number of para-hydroxylation sites is 2. The molecule has 7 heteroatoms. The predicted molar refractivity (Wildman–Crippen MR) is 107 cm³/mol. The molecule has 27 heavy (non-hydrogen) atoms. The lowest BCUT2D eigenvalue weighted by Crippen LogP contribution is -2.14. The molecule has 0 aliphatic carbocycles. The first-order valence-corrected chi connectivity index (χ1v) is 8.79. The largest absolute Gasteiger partial charge is 0.496 e. The average molecular weight is 383 g/mol. The van der Waals surface area contributed by atoms with Crippen molar-refractivity contribution in [1.29, 1.82) is 0 Å². The van der Waals surface area contributed by atoms with Crippen LogP contribution in [-0.2, 0) is 6.42 Å². The first kappa shape index (κ1) is 18.7. The molecule has 3 aromatic rings. The number of halogens is 1. The lowest BCUT2D eigenvalue weighted by atomic mass is 10.1. The van der Waals surface area contributed by atoms with Crippen LogP contribution in [0.25, 0.3) is 0 Å². The molecule has 0 aliphatic heterocycles. The van der Waals surface area contributed by atoms with Gasteiger partial charge in [-0.2, -0.15) is 0 Å². The van der Waals surface area contributed by atoms with Crippen LogP contribution in [0.1, 0.15) is 15.9 Å². The highest BCUT2D eigenvalue weighted by Crippen LogP contribution is 2.21. The van der Waals surface area contributed by atoms with Crippen LogP contribution in [0.5, 0.6) is 5.75 Å². The Morgan fingerprint density at radius 1 is 1.07 bits per heavy atom. The molecule has 1 heterocycles. The molecule has 0 spiro atoms. The van der Waals surface area contributed by atoms with Crippen molar-refractivity contribution < 1.29 is 9.53 Å². The summed E-state index contributed by atoms with van der Waals surface area (Å²) in [7, 11) is 1.65. The molecule has 0 saturated heterocycles. The number of amides is 1. The monoisotopic (exact) mass is 382 g/mol. The summed E-state index contributed by atoms with van der Waals surface area (Å²) in [5.41, 5.74) is 2.00. The number of aromatic nitrogens is 2. The Balaban J connectivity index is 1.55. The van der Waals surface area contributed by atoms with Crippen molar-refractivity contribution >= 4 is 29.1 Å². The van der Waals surface area contributed by atoms with E-state index in [2.05, 4.69) is 20.6 Å². The SMILES string of the molecule is COc1ccccc1CCNc1ncc(C(=O)Nc2ccccc2Cl)cn1. The third-order valence-electron chi connectivity index (χ3n) is 3.91. The predicted octanol–water partition coefficient (Wildman–Crippen LogP) is 4.05. The molecule has 0 saturated carbocycles. The van der Waals surface area contributed by atoms with Gasteiger partial charge in [0.1, 0.15) is 5.75 Å². The standard InChI is InChI=1S/C20H19ClN4O2/c1-27-18-9-5-2-6-14(18)10-11-22-20-23-12-15(13-24-20)19(26)25-17-8-4-3-7-16(17)21/h2-9,12-13H,10-11H2,1H3,(H,25,26)(H,22,23,24). The summed E-state index contributed by atoms with van der Waals surface area (Å²) in [6.45, 7) is 0.644. The van der Waals surface area contributed by atoms with Gasteiger partial charge in [-0.05, 0) is 30.2 Å². The van der Waals surface area contributed by atoms with Gasteiger partial charge in [0.05, 0.1) is 23.4 Å². The van der Waals surface area contributed by atoms with Gasteiger partial charge in [-0.3, -0.25) is 4.79 Å². The maximum absolute atomic E-state index is 12.3. The minimum Gasteiger partial charge on any atom is -0.496 e. The van der Waals surface area contributed by atoms with Crippen LogP contribution in [0, 0.1) is 0 Å². The third kappa shape index (κ3) is 4.95. The zero-order valence-electron chi connectivity index (χ0n) is 14.8. The molecule has 0 fully saturated rings. The van der Waals surface area contributed by atoms with E-state index in [9.17, 15) is 4.79 Å². The van der Waals surface area contributed by atoms with Crippen LogP contribution < -0.4 is 15.4 Å². The second-order valence-corrected chi connectivity index (χ2v) is 6.13. The van der Waals surface area contributed by atoms with Crippen molar-refractivity contribution in [2.75, 3.05) is 24.3 Å². The fraction of sp³-hybridized carbons (Fsp3) is 0.150. The van der Waals surface area contributed by atoms with Crippen molar-refractivity contribution in [2.24, 2.45) is 0 Å². The van der Waals surface area contributed by atoms with Gasteiger partial charge in [-0.1, -0.05) is 41.9 Å². The van der Waals surface area contributed by atoms with Gasteiger partial charge >= 0.3 is 0 Å². The van der Waals surface area contributed by atoms with E-state index in [-0.39, 0.29) is 5.91 Å². The number of benzene rings is 2. The van der Waals surface area contributed by atoms with Crippen molar-refractivity contribution in [3.63, 3.8) is 0 Å². The molecule has 0 radical (unpaired) electrons. The smallest absolute Gasteiger partial charge is 0.258 e. The van der Waals surface area contributed by atoms with Gasteiger partial charge in [0, 0.05) is 18.9 Å². The number of rotatable bonds is 7. The fourth-order valence-corrected chi connectivity index (χ4v) is 2.70. The molecule has 138 valence electrons. The maximum atomic E-state index is 12.3. The molecule has 0 aliphatic rings. The minimum absolute atomic E-state index is 0.316. The highest BCUT2D eigenvalue weighted by molar-refractivity contribution is 6.33. The summed E-state index contributed by atoms with van der Waals surface area (Å²) in [4.78, 5) is 20.6. The quantitative estimate of drug-likeness (QED) is 0.644. The number of nitrogens with zero attached hydrogens (tertiary/aromatic N) is 2. The van der Waals surface area contributed by atoms with Gasteiger partial charge in [0.2, 0.25) is 5.95 Å².